The minimum absolute atomic E-state index is 0.577. The lowest BCUT2D eigenvalue weighted by Gasteiger charge is -2.14. The van der Waals surface area contributed by atoms with E-state index in [4.69, 9.17) is 4.74 Å². The Labute approximate surface area is 106 Å². The Kier molecular flexibility index (Phi) is 3.62. The van der Waals surface area contributed by atoms with Gasteiger partial charge in [-0.25, -0.2) is 0 Å². The second kappa shape index (κ2) is 5.18. The van der Waals surface area contributed by atoms with Gasteiger partial charge >= 0.3 is 0 Å². The molecule has 2 rings (SSSR count). The highest BCUT2D eigenvalue weighted by Gasteiger charge is 2.22. The Morgan fingerprint density at radius 2 is 2.22 bits per heavy atom. The number of aromatic nitrogens is 3. The fraction of sp³-hybridized carbons (Fsp3) is 0.385. The van der Waals surface area contributed by atoms with E-state index >= 15 is 0 Å². The highest BCUT2D eigenvalue weighted by molar-refractivity contribution is 5.32. The zero-order valence-electron chi connectivity index (χ0n) is 10.8. The van der Waals surface area contributed by atoms with E-state index in [1.54, 1.807) is 24.1 Å². The predicted octanol–water partition coefficient (Wildman–Crippen LogP) is 1.70. The van der Waals surface area contributed by atoms with Gasteiger partial charge in [-0.3, -0.25) is 9.67 Å². The third kappa shape index (κ3) is 2.22. The molecule has 5 heteroatoms. The number of aliphatic hydroxyl groups excluding tert-OH is 1. The standard InChI is InChI=1S/C13H17N3O2/c1-4-16-12(11(18-3)8-14-16)13(17)10-7-5-6-9(2)15-10/h5-8,13,17H,4H2,1-3H3. The van der Waals surface area contributed by atoms with Crippen molar-refractivity contribution in [2.75, 3.05) is 7.11 Å². The van der Waals surface area contributed by atoms with Gasteiger partial charge in [0, 0.05) is 12.2 Å². The van der Waals surface area contributed by atoms with Crippen molar-refractivity contribution >= 4 is 0 Å². The van der Waals surface area contributed by atoms with Gasteiger partial charge < -0.3 is 9.84 Å². The Balaban J connectivity index is 2.44. The van der Waals surface area contributed by atoms with Crippen LogP contribution >= 0.6 is 0 Å². The normalized spacial score (nSPS) is 12.4. The minimum Gasteiger partial charge on any atom is -0.493 e. The summed E-state index contributed by atoms with van der Waals surface area (Å²) >= 11 is 0. The molecule has 18 heavy (non-hydrogen) atoms. The SMILES string of the molecule is CCn1ncc(OC)c1C(O)c1cccc(C)n1. The Bertz CT molecular complexity index is 515. The summed E-state index contributed by atoms with van der Waals surface area (Å²) in [5.74, 6) is 0.577. The molecule has 96 valence electrons. The van der Waals surface area contributed by atoms with Gasteiger partial charge in [-0.2, -0.15) is 5.10 Å². The number of aliphatic hydroxyl groups is 1. The van der Waals surface area contributed by atoms with Crippen LogP contribution in [-0.2, 0) is 6.54 Å². The number of aryl methyl sites for hydroxylation is 2. The van der Waals surface area contributed by atoms with Crippen LogP contribution in [0.3, 0.4) is 0 Å². The maximum atomic E-state index is 10.4. The molecule has 5 nitrogen and oxygen atoms in total. The van der Waals surface area contributed by atoms with Crippen LogP contribution in [0.4, 0.5) is 0 Å². The lowest BCUT2D eigenvalue weighted by molar-refractivity contribution is 0.197. The molecule has 1 atom stereocenters. The van der Waals surface area contributed by atoms with Crippen molar-refractivity contribution in [1.29, 1.82) is 0 Å². The van der Waals surface area contributed by atoms with Gasteiger partial charge in [0.1, 0.15) is 11.8 Å². The molecule has 0 radical (unpaired) electrons. The number of ether oxygens (including phenoxy) is 1. The summed E-state index contributed by atoms with van der Waals surface area (Å²) < 4.78 is 6.95. The third-order valence-electron chi connectivity index (χ3n) is 2.81. The molecule has 1 N–H and O–H groups in total. The third-order valence-corrected chi connectivity index (χ3v) is 2.81. The molecule has 0 fully saturated rings. The molecule has 2 aromatic heterocycles. The van der Waals surface area contributed by atoms with Crippen molar-refractivity contribution in [3.05, 3.63) is 41.5 Å². The molecule has 1 unspecified atom stereocenters. The summed E-state index contributed by atoms with van der Waals surface area (Å²) in [6.45, 7) is 4.53. The molecule has 0 bridgehead atoms. The van der Waals surface area contributed by atoms with Crippen molar-refractivity contribution in [2.24, 2.45) is 0 Å². The fourth-order valence-corrected chi connectivity index (χ4v) is 1.92. The van der Waals surface area contributed by atoms with E-state index in [-0.39, 0.29) is 0 Å². The second-order valence-electron chi connectivity index (χ2n) is 4.02. The summed E-state index contributed by atoms with van der Waals surface area (Å²) in [5.41, 5.74) is 2.11. The van der Waals surface area contributed by atoms with Crippen LogP contribution in [0.2, 0.25) is 0 Å². The summed E-state index contributed by atoms with van der Waals surface area (Å²) in [7, 11) is 1.57. The quantitative estimate of drug-likeness (QED) is 0.893. The molecule has 0 amide bonds. The maximum Gasteiger partial charge on any atom is 0.163 e. The Hall–Kier alpha value is -1.88. The second-order valence-corrected chi connectivity index (χ2v) is 4.02. The van der Waals surface area contributed by atoms with Crippen molar-refractivity contribution in [1.82, 2.24) is 14.8 Å². The van der Waals surface area contributed by atoms with Crippen molar-refractivity contribution in [2.45, 2.75) is 26.5 Å². The topological polar surface area (TPSA) is 60.2 Å². The van der Waals surface area contributed by atoms with Crippen LogP contribution in [0.5, 0.6) is 5.75 Å². The van der Waals surface area contributed by atoms with Crippen LogP contribution in [0.1, 0.15) is 30.1 Å². The van der Waals surface area contributed by atoms with Crippen molar-refractivity contribution in [3.8, 4) is 5.75 Å². The van der Waals surface area contributed by atoms with E-state index in [0.29, 0.717) is 23.7 Å². The first-order valence-corrected chi connectivity index (χ1v) is 5.88. The fourth-order valence-electron chi connectivity index (χ4n) is 1.92. The molecular formula is C13H17N3O2. The van der Waals surface area contributed by atoms with Crippen molar-refractivity contribution < 1.29 is 9.84 Å². The van der Waals surface area contributed by atoms with Gasteiger partial charge in [-0.05, 0) is 26.0 Å². The first-order valence-electron chi connectivity index (χ1n) is 5.88. The van der Waals surface area contributed by atoms with Gasteiger partial charge in [-0.1, -0.05) is 6.07 Å². The maximum absolute atomic E-state index is 10.4. The van der Waals surface area contributed by atoms with Gasteiger partial charge in [-0.15, -0.1) is 0 Å². The summed E-state index contributed by atoms with van der Waals surface area (Å²) in [6, 6.07) is 5.56. The van der Waals surface area contributed by atoms with E-state index in [1.165, 1.54) is 0 Å². The molecule has 0 spiro atoms. The molecular weight excluding hydrogens is 230 g/mol. The highest BCUT2D eigenvalue weighted by Crippen LogP contribution is 2.28. The average Bonchev–Trinajstić information content (AvgIpc) is 2.80. The van der Waals surface area contributed by atoms with Gasteiger partial charge in [0.15, 0.2) is 5.75 Å². The molecule has 2 aromatic rings. The van der Waals surface area contributed by atoms with Crippen LogP contribution < -0.4 is 4.74 Å². The van der Waals surface area contributed by atoms with E-state index in [1.807, 2.05) is 26.0 Å². The average molecular weight is 247 g/mol. The van der Waals surface area contributed by atoms with Gasteiger partial charge in [0.2, 0.25) is 0 Å². The number of nitrogens with zero attached hydrogens (tertiary/aromatic N) is 3. The number of methoxy groups -OCH3 is 1. The number of rotatable bonds is 4. The molecule has 0 aliphatic rings. The van der Waals surface area contributed by atoms with E-state index in [0.717, 1.165) is 5.69 Å². The van der Waals surface area contributed by atoms with Gasteiger partial charge in [0.25, 0.3) is 0 Å². The largest absolute Gasteiger partial charge is 0.493 e. The van der Waals surface area contributed by atoms with E-state index in [9.17, 15) is 5.11 Å². The molecule has 0 aromatic carbocycles. The summed E-state index contributed by atoms with van der Waals surface area (Å²) in [6.07, 6.45) is 0.778. The van der Waals surface area contributed by atoms with Crippen LogP contribution in [0.15, 0.2) is 24.4 Å². The van der Waals surface area contributed by atoms with Crippen molar-refractivity contribution in [3.63, 3.8) is 0 Å². The molecule has 0 aliphatic carbocycles. The first-order chi connectivity index (χ1) is 8.67. The lowest BCUT2D eigenvalue weighted by atomic mass is 10.1. The van der Waals surface area contributed by atoms with E-state index in [2.05, 4.69) is 10.1 Å². The lowest BCUT2D eigenvalue weighted by Crippen LogP contribution is -2.11. The van der Waals surface area contributed by atoms with Crippen LogP contribution in [-0.4, -0.2) is 27.0 Å². The summed E-state index contributed by atoms with van der Waals surface area (Å²) in [4.78, 5) is 4.33. The summed E-state index contributed by atoms with van der Waals surface area (Å²) in [5, 5.41) is 14.6. The minimum atomic E-state index is -0.831. The monoisotopic (exact) mass is 247 g/mol. The zero-order valence-corrected chi connectivity index (χ0v) is 10.8. The number of hydrogen-bond donors (Lipinski definition) is 1. The highest BCUT2D eigenvalue weighted by atomic mass is 16.5. The van der Waals surface area contributed by atoms with Crippen LogP contribution in [0.25, 0.3) is 0 Å². The molecule has 0 saturated heterocycles. The molecule has 0 saturated carbocycles. The van der Waals surface area contributed by atoms with E-state index < -0.39 is 6.10 Å². The van der Waals surface area contributed by atoms with Gasteiger partial charge in [0.05, 0.1) is 19.0 Å². The zero-order chi connectivity index (χ0) is 13.1. The predicted molar refractivity (Wildman–Crippen MR) is 67.5 cm³/mol. The first kappa shape index (κ1) is 12.6. The number of pyridine rings is 1. The number of hydrogen-bond acceptors (Lipinski definition) is 4. The molecule has 0 aliphatic heterocycles. The Morgan fingerprint density at radius 3 is 2.83 bits per heavy atom. The molecule has 2 heterocycles. The van der Waals surface area contributed by atoms with Crippen LogP contribution in [0, 0.1) is 6.92 Å². The Morgan fingerprint density at radius 1 is 1.44 bits per heavy atom. The smallest absolute Gasteiger partial charge is 0.163 e.